The Kier molecular flexibility index (Phi) is 65.1. The highest BCUT2D eigenvalue weighted by atomic mass is 31.2. The molecule has 0 bridgehead atoms. The Morgan fingerprint density at radius 3 is 0.853 bits per heavy atom. The molecule has 0 aliphatic rings. The van der Waals surface area contributed by atoms with Crippen molar-refractivity contribution >= 4 is 33.6 Å². The van der Waals surface area contributed by atoms with Gasteiger partial charge >= 0.3 is 33.6 Å². The summed E-state index contributed by atoms with van der Waals surface area (Å²) >= 11 is 0. The number of phosphoric acid groups is 2. The SMILES string of the molecule is CC/C=C\C/C=C\C/C=C\C/C=C\C/C=C\C/C=C\CCCCC(=O)OCC(O)COP(=O)(O)OCC(O)COP(=O)(O)OCC(COC(=O)CCCCCCCC/C=C\C/C=C\C/C=C\C/C=C\CC)OC(=O)CCCCCCCC/C=C\C/C=C\C/C=C\C/C=C\CC. The normalized spacial score (nSPS) is 15.1. The van der Waals surface area contributed by atoms with E-state index in [4.69, 9.17) is 32.3 Å². The number of allylic oxidation sites excluding steroid dienone is 28. The monoisotopic (exact) mass is 1370 g/mol. The van der Waals surface area contributed by atoms with Crippen molar-refractivity contribution in [3.05, 3.63) is 170 Å². The number of carbonyl (C=O) groups is 3. The van der Waals surface area contributed by atoms with Gasteiger partial charge in [-0.05, 0) is 148 Å². The summed E-state index contributed by atoms with van der Waals surface area (Å²) in [6.45, 7) is 2.22. The summed E-state index contributed by atoms with van der Waals surface area (Å²) in [6, 6.07) is 0. The van der Waals surface area contributed by atoms with Crippen LogP contribution in [0.3, 0.4) is 0 Å². The lowest BCUT2D eigenvalue weighted by molar-refractivity contribution is -0.161. The molecule has 0 radical (unpaired) electrons. The zero-order valence-corrected chi connectivity index (χ0v) is 60.1. The molecule has 0 aliphatic heterocycles. The van der Waals surface area contributed by atoms with Gasteiger partial charge in [0.25, 0.3) is 0 Å². The molecule has 95 heavy (non-hydrogen) atoms. The first kappa shape index (κ1) is 89.9. The number of hydrogen-bond acceptors (Lipinski definition) is 14. The van der Waals surface area contributed by atoms with Crippen LogP contribution in [0.25, 0.3) is 0 Å². The Hall–Kier alpha value is -5.09. The van der Waals surface area contributed by atoms with E-state index in [0.29, 0.717) is 19.3 Å². The fraction of sp³-hybridized carbons (Fsp3) is 0.597. The molecule has 0 spiro atoms. The molecule has 538 valence electrons. The molecule has 5 atom stereocenters. The van der Waals surface area contributed by atoms with Crippen LogP contribution in [0.2, 0.25) is 0 Å². The lowest BCUT2D eigenvalue weighted by Crippen LogP contribution is -2.30. The van der Waals surface area contributed by atoms with E-state index in [0.717, 1.165) is 180 Å². The standard InChI is InChI=1S/C77H124O16P2/c1-4-7-10-13-16-19-22-25-28-31-34-35-38-40-42-45-48-51-54-57-60-63-75(80)87-66-72(78)67-89-94(83,84)90-68-73(79)69-91-95(85,86)92-71-74(93-77(82)65-62-59-56-53-50-47-44-41-37-33-30-27-24-21-18-15-12-9-6-3)70-88-76(81)64-61-58-55-52-49-46-43-39-36-32-29-26-23-20-17-14-11-8-5-2/h7-12,16-21,25-30,34-37,39-42,48,51,72-74,78-79H,4-6,13-15,22-24,31-33,38,43-47,49-50,52-71H2,1-3H3,(H,83,84)(H,85,86)/b10-7-,11-8-,12-9-,19-16-,20-17-,21-18-,28-25-,29-26-,30-27-,35-34-,39-36-,41-37-,42-40-,51-48-. The molecule has 0 aromatic rings. The number of aliphatic hydroxyl groups is 2. The predicted molar refractivity (Wildman–Crippen MR) is 389 cm³/mol. The second kappa shape index (κ2) is 68.8. The lowest BCUT2D eigenvalue weighted by Gasteiger charge is -2.21. The number of aliphatic hydroxyl groups excluding tert-OH is 2. The molecule has 0 amide bonds. The summed E-state index contributed by atoms with van der Waals surface area (Å²) in [6.07, 6.45) is 85.4. The summed E-state index contributed by atoms with van der Waals surface area (Å²) in [5.41, 5.74) is 0. The van der Waals surface area contributed by atoms with E-state index in [1.165, 1.54) is 0 Å². The maximum Gasteiger partial charge on any atom is 0.472 e. The van der Waals surface area contributed by atoms with Gasteiger partial charge in [-0.15, -0.1) is 0 Å². The van der Waals surface area contributed by atoms with E-state index in [9.17, 15) is 43.5 Å². The average Bonchev–Trinajstić information content (AvgIpc) is 1.70. The van der Waals surface area contributed by atoms with Crippen molar-refractivity contribution < 1.29 is 75.8 Å². The Balaban J connectivity index is 4.79. The summed E-state index contributed by atoms with van der Waals surface area (Å²) in [4.78, 5) is 58.5. The molecule has 4 N–H and O–H groups in total. The highest BCUT2D eigenvalue weighted by molar-refractivity contribution is 7.47. The smallest absolute Gasteiger partial charge is 0.463 e. The maximum atomic E-state index is 13.0. The largest absolute Gasteiger partial charge is 0.472 e. The molecular weight excluding hydrogens is 1240 g/mol. The summed E-state index contributed by atoms with van der Waals surface area (Å²) < 4.78 is 60.9. The molecule has 5 unspecified atom stereocenters. The number of rotatable bonds is 65. The topological polar surface area (TPSA) is 231 Å². The molecule has 0 saturated heterocycles. The number of ether oxygens (including phenoxy) is 3. The third-order valence-corrected chi connectivity index (χ3v) is 15.8. The number of unbranched alkanes of at least 4 members (excludes halogenated alkanes) is 14. The summed E-state index contributed by atoms with van der Waals surface area (Å²) in [7, 11) is -9.82. The quantitative estimate of drug-likeness (QED) is 0.0146. The molecule has 0 heterocycles. The first-order valence-electron chi connectivity index (χ1n) is 35.4. The fourth-order valence-electron chi connectivity index (χ4n) is 8.61. The molecule has 0 fully saturated rings. The molecule has 18 heteroatoms. The van der Waals surface area contributed by atoms with E-state index < -0.39 is 91.5 Å². The van der Waals surface area contributed by atoms with Crippen molar-refractivity contribution in [1.29, 1.82) is 0 Å². The first-order valence-corrected chi connectivity index (χ1v) is 38.4. The number of carbonyl (C=O) groups excluding carboxylic acids is 3. The Morgan fingerprint density at radius 1 is 0.295 bits per heavy atom. The van der Waals surface area contributed by atoms with Crippen molar-refractivity contribution in [2.75, 3.05) is 39.6 Å². The van der Waals surface area contributed by atoms with Crippen LogP contribution in [-0.4, -0.2) is 95.9 Å². The Bertz CT molecular complexity index is 2410. The molecule has 0 aromatic carbocycles. The third kappa shape index (κ3) is 70.1. The van der Waals surface area contributed by atoms with Crippen LogP contribution >= 0.6 is 15.6 Å². The van der Waals surface area contributed by atoms with Crippen LogP contribution in [0.4, 0.5) is 0 Å². The predicted octanol–water partition coefficient (Wildman–Crippen LogP) is 20.1. The second-order valence-electron chi connectivity index (χ2n) is 22.9. The molecule has 0 aliphatic carbocycles. The van der Waals surface area contributed by atoms with Crippen LogP contribution in [-0.2, 0) is 55.8 Å². The van der Waals surface area contributed by atoms with Crippen LogP contribution in [0.15, 0.2) is 170 Å². The van der Waals surface area contributed by atoms with Gasteiger partial charge in [-0.2, -0.15) is 0 Å². The summed E-state index contributed by atoms with van der Waals surface area (Å²) in [5, 5.41) is 20.6. The lowest BCUT2D eigenvalue weighted by atomic mass is 10.1. The van der Waals surface area contributed by atoms with E-state index in [-0.39, 0.29) is 19.3 Å². The van der Waals surface area contributed by atoms with Crippen molar-refractivity contribution in [3.8, 4) is 0 Å². The first-order chi connectivity index (χ1) is 46.2. The van der Waals surface area contributed by atoms with Crippen LogP contribution in [0, 0.1) is 0 Å². The van der Waals surface area contributed by atoms with E-state index >= 15 is 0 Å². The minimum atomic E-state index is -4.95. The van der Waals surface area contributed by atoms with Crippen molar-refractivity contribution in [2.45, 2.75) is 257 Å². The van der Waals surface area contributed by atoms with Crippen LogP contribution in [0.1, 0.15) is 239 Å². The van der Waals surface area contributed by atoms with E-state index in [1.54, 1.807) is 0 Å². The minimum Gasteiger partial charge on any atom is -0.463 e. The average molecular weight is 1370 g/mol. The zero-order chi connectivity index (χ0) is 69.5. The summed E-state index contributed by atoms with van der Waals surface area (Å²) in [5.74, 6) is -1.66. The van der Waals surface area contributed by atoms with Gasteiger partial charge in [-0.1, -0.05) is 242 Å². The molecule has 0 saturated carbocycles. The highest BCUT2D eigenvalue weighted by Gasteiger charge is 2.29. The van der Waals surface area contributed by atoms with Crippen molar-refractivity contribution in [3.63, 3.8) is 0 Å². The van der Waals surface area contributed by atoms with E-state index in [1.807, 2.05) is 0 Å². The highest BCUT2D eigenvalue weighted by Crippen LogP contribution is 2.45. The van der Waals surface area contributed by atoms with Gasteiger partial charge in [0, 0.05) is 19.3 Å². The molecule has 16 nitrogen and oxygen atoms in total. The second-order valence-corrected chi connectivity index (χ2v) is 25.8. The molecular formula is C77H124O16P2. The molecule has 0 rings (SSSR count). The van der Waals surface area contributed by atoms with E-state index in [2.05, 4.69) is 191 Å². The van der Waals surface area contributed by atoms with Gasteiger partial charge in [0.2, 0.25) is 0 Å². The van der Waals surface area contributed by atoms with Gasteiger partial charge in [0.1, 0.15) is 25.4 Å². The number of esters is 3. The van der Waals surface area contributed by atoms with Crippen molar-refractivity contribution in [2.24, 2.45) is 0 Å². The number of hydrogen-bond donors (Lipinski definition) is 4. The van der Waals surface area contributed by atoms with Gasteiger partial charge in [0.05, 0.1) is 26.4 Å². The van der Waals surface area contributed by atoms with Gasteiger partial charge < -0.3 is 34.2 Å². The zero-order valence-electron chi connectivity index (χ0n) is 58.3. The van der Waals surface area contributed by atoms with Crippen molar-refractivity contribution in [1.82, 2.24) is 0 Å². The Labute approximate surface area is 573 Å². The van der Waals surface area contributed by atoms with Gasteiger partial charge in [0.15, 0.2) is 6.10 Å². The Morgan fingerprint density at radius 2 is 0.526 bits per heavy atom. The fourth-order valence-corrected chi connectivity index (χ4v) is 10.2. The number of phosphoric ester groups is 2. The molecule has 0 aromatic heterocycles. The van der Waals surface area contributed by atoms with Crippen LogP contribution < -0.4 is 0 Å². The third-order valence-electron chi connectivity index (χ3n) is 13.9. The van der Waals surface area contributed by atoms with Crippen LogP contribution in [0.5, 0.6) is 0 Å². The maximum absolute atomic E-state index is 13.0. The van der Waals surface area contributed by atoms with Gasteiger partial charge in [-0.3, -0.25) is 32.5 Å². The minimum absolute atomic E-state index is 0.0769. The van der Waals surface area contributed by atoms with Gasteiger partial charge in [-0.25, -0.2) is 9.13 Å².